The third kappa shape index (κ3) is 2.13. The number of carbonyl (C=O) groups is 1. The smallest absolute Gasteiger partial charge is 0.321 e. The lowest BCUT2D eigenvalue weighted by Gasteiger charge is -2.07. The number of aromatic nitrogens is 3. The quantitative estimate of drug-likeness (QED) is 0.611. The van der Waals surface area contributed by atoms with E-state index in [2.05, 4.69) is 10.3 Å². The summed E-state index contributed by atoms with van der Waals surface area (Å²) in [5.41, 5.74) is 3.51. The van der Waals surface area contributed by atoms with Crippen LogP contribution >= 0.6 is 11.3 Å². The molecule has 1 aromatic carbocycles. The summed E-state index contributed by atoms with van der Waals surface area (Å²) in [5, 5.41) is 4.87. The molecule has 0 saturated heterocycles. The van der Waals surface area contributed by atoms with Gasteiger partial charge in [-0.15, -0.1) is 11.3 Å². The molecule has 0 aliphatic rings. The van der Waals surface area contributed by atoms with Crippen molar-refractivity contribution in [2.24, 2.45) is 14.1 Å². The molecule has 0 spiro atoms. The zero-order chi connectivity index (χ0) is 16.8. The van der Waals surface area contributed by atoms with Gasteiger partial charge >= 0.3 is 5.69 Å². The second kappa shape index (κ2) is 5.31. The summed E-state index contributed by atoms with van der Waals surface area (Å²) in [4.78, 5) is 28.9. The number of carbonyl (C=O) groups excluding carboxylic acids is 1. The van der Waals surface area contributed by atoms with Gasteiger partial charge < -0.3 is 5.32 Å². The molecule has 0 atom stereocenters. The molecule has 3 heterocycles. The van der Waals surface area contributed by atoms with Gasteiger partial charge in [0, 0.05) is 25.9 Å². The zero-order valence-corrected chi connectivity index (χ0v) is 13.9. The number of benzene rings is 1. The lowest BCUT2D eigenvalue weighted by molar-refractivity contribution is 0.102. The highest BCUT2D eigenvalue weighted by molar-refractivity contribution is 7.17. The van der Waals surface area contributed by atoms with Crippen LogP contribution in [0.1, 0.15) is 10.4 Å². The molecule has 1 amide bonds. The number of thiophene rings is 1. The standard InChI is InChI=1S/C17H14N4O2S/c1-20-13-4-3-10(9-14(13)21(2)17(20)23)16(22)19-12-5-7-18-11-6-8-24-15(11)12/h3-9H,1-2H3,(H,18,19,22). The zero-order valence-electron chi connectivity index (χ0n) is 13.1. The van der Waals surface area contributed by atoms with Crippen LogP contribution in [0.5, 0.6) is 0 Å². The molecule has 1 N–H and O–H groups in total. The number of fused-ring (bicyclic) bond motifs is 2. The van der Waals surface area contributed by atoms with E-state index in [9.17, 15) is 9.59 Å². The molecular weight excluding hydrogens is 324 g/mol. The highest BCUT2D eigenvalue weighted by Crippen LogP contribution is 2.27. The molecule has 0 aliphatic heterocycles. The van der Waals surface area contributed by atoms with Crippen molar-refractivity contribution in [3.05, 3.63) is 58.0 Å². The first-order chi connectivity index (χ1) is 11.6. The Labute approximate surface area is 141 Å². The van der Waals surface area contributed by atoms with Crippen molar-refractivity contribution in [3.8, 4) is 0 Å². The Morgan fingerprint density at radius 2 is 1.92 bits per heavy atom. The first-order valence-corrected chi connectivity index (χ1v) is 8.23. The molecule has 0 aliphatic carbocycles. The minimum absolute atomic E-state index is 0.114. The van der Waals surface area contributed by atoms with Gasteiger partial charge in [0.1, 0.15) is 0 Å². The van der Waals surface area contributed by atoms with Crippen LogP contribution in [0.2, 0.25) is 0 Å². The number of rotatable bonds is 2. The van der Waals surface area contributed by atoms with Crippen molar-refractivity contribution >= 4 is 44.2 Å². The van der Waals surface area contributed by atoms with E-state index in [1.807, 2.05) is 11.4 Å². The van der Waals surface area contributed by atoms with Gasteiger partial charge in [-0.05, 0) is 35.7 Å². The maximum Gasteiger partial charge on any atom is 0.328 e. The van der Waals surface area contributed by atoms with Crippen LogP contribution in [0, 0.1) is 0 Å². The van der Waals surface area contributed by atoms with E-state index < -0.39 is 0 Å². The average molecular weight is 338 g/mol. The number of anilines is 1. The minimum Gasteiger partial charge on any atom is -0.321 e. The number of nitrogens with one attached hydrogen (secondary N) is 1. The van der Waals surface area contributed by atoms with Crippen LogP contribution in [0.25, 0.3) is 21.3 Å². The molecule has 0 saturated carbocycles. The van der Waals surface area contributed by atoms with E-state index in [0.29, 0.717) is 5.56 Å². The van der Waals surface area contributed by atoms with Gasteiger partial charge in [-0.1, -0.05) is 0 Å². The lowest BCUT2D eigenvalue weighted by Crippen LogP contribution is -2.19. The van der Waals surface area contributed by atoms with Gasteiger partial charge in [0.15, 0.2) is 0 Å². The van der Waals surface area contributed by atoms with Crippen molar-refractivity contribution in [2.45, 2.75) is 0 Å². The Kier molecular flexibility index (Phi) is 3.24. The number of nitrogens with zero attached hydrogens (tertiary/aromatic N) is 3. The number of imidazole rings is 1. The van der Waals surface area contributed by atoms with Crippen LogP contribution in [0.3, 0.4) is 0 Å². The third-order valence-electron chi connectivity index (χ3n) is 4.13. The fourth-order valence-electron chi connectivity index (χ4n) is 2.81. The Morgan fingerprint density at radius 3 is 2.75 bits per heavy atom. The summed E-state index contributed by atoms with van der Waals surface area (Å²) in [6.07, 6.45) is 1.68. The van der Waals surface area contributed by atoms with Gasteiger partial charge in [0.25, 0.3) is 5.91 Å². The average Bonchev–Trinajstić information content (AvgIpc) is 3.15. The van der Waals surface area contributed by atoms with Crippen molar-refractivity contribution < 1.29 is 4.79 Å². The second-order valence-corrected chi connectivity index (χ2v) is 6.47. The SMILES string of the molecule is Cn1c(=O)n(C)c2cc(C(=O)Nc3ccnc4ccsc34)ccc21. The predicted molar refractivity (Wildman–Crippen MR) is 95.7 cm³/mol. The second-order valence-electron chi connectivity index (χ2n) is 5.55. The first kappa shape index (κ1) is 14.6. The molecule has 6 nitrogen and oxygen atoms in total. The number of amides is 1. The lowest BCUT2D eigenvalue weighted by atomic mass is 10.2. The number of hydrogen-bond acceptors (Lipinski definition) is 4. The van der Waals surface area contributed by atoms with E-state index in [1.165, 1.54) is 15.9 Å². The molecule has 3 aromatic heterocycles. The Bertz CT molecular complexity index is 1150. The molecule has 4 rings (SSSR count). The molecule has 0 unspecified atom stereocenters. The summed E-state index contributed by atoms with van der Waals surface area (Å²) in [6, 6.07) is 8.96. The maximum atomic E-state index is 12.6. The molecule has 0 bridgehead atoms. The Hall–Kier alpha value is -2.93. The number of hydrogen-bond donors (Lipinski definition) is 1. The van der Waals surface area contributed by atoms with E-state index in [4.69, 9.17) is 0 Å². The van der Waals surface area contributed by atoms with Crippen LogP contribution < -0.4 is 11.0 Å². The van der Waals surface area contributed by atoms with Crippen LogP contribution in [0.4, 0.5) is 5.69 Å². The molecular formula is C17H14N4O2S. The molecule has 0 radical (unpaired) electrons. The van der Waals surface area contributed by atoms with Crippen molar-refractivity contribution in [1.29, 1.82) is 0 Å². The minimum atomic E-state index is -0.214. The first-order valence-electron chi connectivity index (χ1n) is 7.35. The van der Waals surface area contributed by atoms with Gasteiger partial charge in [-0.2, -0.15) is 0 Å². The van der Waals surface area contributed by atoms with E-state index >= 15 is 0 Å². The van der Waals surface area contributed by atoms with Gasteiger partial charge in [-0.3, -0.25) is 18.9 Å². The summed E-state index contributed by atoms with van der Waals surface area (Å²) >= 11 is 1.54. The van der Waals surface area contributed by atoms with E-state index in [0.717, 1.165) is 26.9 Å². The summed E-state index contributed by atoms with van der Waals surface area (Å²) < 4.78 is 4.05. The summed E-state index contributed by atoms with van der Waals surface area (Å²) in [7, 11) is 3.42. The topological polar surface area (TPSA) is 68.9 Å². The number of aryl methyl sites for hydroxylation is 2. The van der Waals surface area contributed by atoms with Crippen LogP contribution in [-0.4, -0.2) is 20.0 Å². The maximum absolute atomic E-state index is 12.6. The Morgan fingerprint density at radius 1 is 1.12 bits per heavy atom. The third-order valence-corrected chi connectivity index (χ3v) is 5.06. The normalized spacial score (nSPS) is 11.2. The van der Waals surface area contributed by atoms with Gasteiger partial charge in [-0.25, -0.2) is 4.79 Å². The molecule has 120 valence electrons. The predicted octanol–water partition coefficient (Wildman–Crippen LogP) is 2.74. The monoisotopic (exact) mass is 338 g/mol. The fraction of sp³-hybridized carbons (Fsp3) is 0.118. The van der Waals surface area contributed by atoms with Crippen LogP contribution in [-0.2, 0) is 14.1 Å². The summed E-state index contributed by atoms with van der Waals surface area (Å²) in [5.74, 6) is -0.214. The van der Waals surface area contributed by atoms with Crippen LogP contribution in [0.15, 0.2) is 46.7 Å². The highest BCUT2D eigenvalue weighted by Gasteiger charge is 2.13. The largest absolute Gasteiger partial charge is 0.328 e. The van der Waals surface area contributed by atoms with E-state index in [1.54, 1.807) is 49.1 Å². The Balaban J connectivity index is 1.75. The highest BCUT2D eigenvalue weighted by atomic mass is 32.1. The van der Waals surface area contributed by atoms with Crippen molar-refractivity contribution in [2.75, 3.05) is 5.32 Å². The number of pyridine rings is 1. The molecule has 24 heavy (non-hydrogen) atoms. The molecule has 7 heteroatoms. The summed E-state index contributed by atoms with van der Waals surface area (Å²) in [6.45, 7) is 0. The van der Waals surface area contributed by atoms with Crippen molar-refractivity contribution in [3.63, 3.8) is 0 Å². The molecule has 0 fully saturated rings. The van der Waals surface area contributed by atoms with Gasteiger partial charge in [0.05, 0.1) is 26.9 Å². The van der Waals surface area contributed by atoms with Crippen molar-refractivity contribution in [1.82, 2.24) is 14.1 Å². The van der Waals surface area contributed by atoms with Gasteiger partial charge in [0.2, 0.25) is 0 Å². The fourth-order valence-corrected chi connectivity index (χ4v) is 3.63. The van der Waals surface area contributed by atoms with E-state index in [-0.39, 0.29) is 11.6 Å². The molecule has 4 aromatic rings.